The molecule has 0 bridgehead atoms. The van der Waals surface area contributed by atoms with Crippen LogP contribution in [0.2, 0.25) is 0 Å². The van der Waals surface area contributed by atoms with Crippen LogP contribution in [0.1, 0.15) is 20.8 Å². The maximum absolute atomic E-state index is 11.2. The fraction of sp³-hybridized carbons (Fsp3) is 0.889. The van der Waals surface area contributed by atoms with Gasteiger partial charge in [-0.05, 0) is 5.41 Å². The van der Waals surface area contributed by atoms with Crippen molar-refractivity contribution in [3.8, 4) is 0 Å². The summed E-state index contributed by atoms with van der Waals surface area (Å²) in [6.07, 6.45) is 0. The van der Waals surface area contributed by atoms with E-state index in [4.69, 9.17) is 5.73 Å². The van der Waals surface area contributed by atoms with E-state index in [-0.39, 0.29) is 17.5 Å². The molecule has 1 aliphatic heterocycles. The average Bonchev–Trinajstić information content (AvgIpc) is 2.34. The molecule has 2 amide bonds. The Kier molecular flexibility index (Phi) is 2.81. The predicted molar refractivity (Wildman–Crippen MR) is 52.4 cm³/mol. The van der Waals surface area contributed by atoms with Crippen LogP contribution in [0.5, 0.6) is 0 Å². The summed E-state index contributed by atoms with van der Waals surface area (Å²) in [5.41, 5.74) is 6.03. The zero-order valence-electron chi connectivity index (χ0n) is 8.63. The van der Waals surface area contributed by atoms with Gasteiger partial charge in [-0.1, -0.05) is 20.8 Å². The molecule has 0 radical (unpaired) electrons. The summed E-state index contributed by atoms with van der Waals surface area (Å²) in [5.74, 6) is 0. The average molecular weight is 185 g/mol. The summed E-state index contributed by atoms with van der Waals surface area (Å²) in [6.45, 7) is 8.44. The number of nitrogens with one attached hydrogen (secondary N) is 1. The first kappa shape index (κ1) is 10.3. The van der Waals surface area contributed by atoms with Crippen LogP contribution in [0.25, 0.3) is 0 Å². The summed E-state index contributed by atoms with van der Waals surface area (Å²) in [4.78, 5) is 13.0. The molecule has 76 valence electrons. The Balaban J connectivity index is 2.44. The van der Waals surface area contributed by atoms with E-state index in [1.165, 1.54) is 0 Å². The van der Waals surface area contributed by atoms with E-state index in [0.29, 0.717) is 6.54 Å². The third-order valence-electron chi connectivity index (χ3n) is 2.47. The van der Waals surface area contributed by atoms with Gasteiger partial charge in [-0.25, -0.2) is 4.79 Å². The van der Waals surface area contributed by atoms with Crippen LogP contribution in [0.3, 0.4) is 0 Å². The Bertz CT molecular complexity index is 198. The van der Waals surface area contributed by atoms with E-state index in [1.54, 1.807) is 4.90 Å². The van der Waals surface area contributed by atoms with Crippen molar-refractivity contribution in [2.24, 2.45) is 11.1 Å². The largest absolute Gasteiger partial charge is 0.336 e. The normalized spacial score (nSPS) is 20.3. The van der Waals surface area contributed by atoms with Gasteiger partial charge in [0.25, 0.3) is 0 Å². The Morgan fingerprint density at radius 1 is 1.62 bits per heavy atom. The molecular formula is C9H19N3O. The lowest BCUT2D eigenvalue weighted by Crippen LogP contribution is -2.46. The SMILES string of the molecule is CC(C)(C)C(N)CN1CCNC1=O. The first-order valence-electron chi connectivity index (χ1n) is 4.69. The second kappa shape index (κ2) is 3.54. The fourth-order valence-corrected chi connectivity index (χ4v) is 1.20. The number of rotatable bonds is 2. The Hall–Kier alpha value is -0.770. The highest BCUT2D eigenvalue weighted by Gasteiger charge is 2.27. The van der Waals surface area contributed by atoms with Gasteiger partial charge in [0.2, 0.25) is 0 Å². The standard InChI is InChI=1S/C9H19N3O/c1-9(2,3)7(10)6-12-5-4-11-8(12)13/h7H,4-6,10H2,1-3H3,(H,11,13). The van der Waals surface area contributed by atoms with E-state index >= 15 is 0 Å². The van der Waals surface area contributed by atoms with E-state index < -0.39 is 0 Å². The molecule has 0 aromatic heterocycles. The molecule has 1 atom stereocenters. The van der Waals surface area contributed by atoms with E-state index in [0.717, 1.165) is 13.1 Å². The lowest BCUT2D eigenvalue weighted by molar-refractivity contribution is 0.199. The highest BCUT2D eigenvalue weighted by molar-refractivity contribution is 5.76. The molecule has 1 aliphatic rings. The molecule has 4 heteroatoms. The fourth-order valence-electron chi connectivity index (χ4n) is 1.20. The molecule has 0 spiro atoms. The van der Waals surface area contributed by atoms with Crippen LogP contribution in [0, 0.1) is 5.41 Å². The zero-order valence-corrected chi connectivity index (χ0v) is 8.63. The van der Waals surface area contributed by atoms with Crippen LogP contribution in [0.4, 0.5) is 4.79 Å². The lowest BCUT2D eigenvalue weighted by Gasteiger charge is -2.30. The monoisotopic (exact) mass is 185 g/mol. The third-order valence-corrected chi connectivity index (χ3v) is 2.47. The maximum atomic E-state index is 11.2. The summed E-state index contributed by atoms with van der Waals surface area (Å²) in [7, 11) is 0. The second-order valence-corrected chi connectivity index (χ2v) is 4.65. The molecule has 1 fully saturated rings. The molecule has 0 aromatic carbocycles. The number of carbonyl (C=O) groups is 1. The summed E-state index contributed by atoms with van der Waals surface area (Å²) in [6, 6.07) is 0.0519. The van der Waals surface area contributed by atoms with Crippen LogP contribution in [0.15, 0.2) is 0 Å². The highest BCUT2D eigenvalue weighted by Crippen LogP contribution is 2.18. The molecule has 1 unspecified atom stereocenters. The zero-order chi connectivity index (χ0) is 10.1. The number of hydrogen-bond acceptors (Lipinski definition) is 2. The van der Waals surface area contributed by atoms with E-state index in [2.05, 4.69) is 26.1 Å². The number of nitrogens with zero attached hydrogens (tertiary/aromatic N) is 1. The minimum Gasteiger partial charge on any atom is -0.336 e. The first-order chi connectivity index (χ1) is 5.91. The van der Waals surface area contributed by atoms with Crippen molar-refractivity contribution < 1.29 is 4.79 Å². The third kappa shape index (κ3) is 2.59. The topological polar surface area (TPSA) is 58.4 Å². The van der Waals surface area contributed by atoms with Gasteiger partial charge in [0, 0.05) is 25.7 Å². The minimum absolute atomic E-state index is 0.0136. The van der Waals surface area contributed by atoms with Gasteiger partial charge in [-0.3, -0.25) is 0 Å². The van der Waals surface area contributed by atoms with Crippen LogP contribution >= 0.6 is 0 Å². The van der Waals surface area contributed by atoms with E-state index in [1.807, 2.05) is 0 Å². The molecule has 0 aliphatic carbocycles. The first-order valence-corrected chi connectivity index (χ1v) is 4.69. The van der Waals surface area contributed by atoms with Gasteiger partial charge >= 0.3 is 6.03 Å². The van der Waals surface area contributed by atoms with Crippen LogP contribution in [-0.4, -0.2) is 36.6 Å². The highest BCUT2D eigenvalue weighted by atomic mass is 16.2. The summed E-state index contributed by atoms with van der Waals surface area (Å²) in [5, 5.41) is 2.76. The number of nitrogens with two attached hydrogens (primary N) is 1. The molecule has 1 heterocycles. The summed E-state index contributed by atoms with van der Waals surface area (Å²) < 4.78 is 0. The van der Waals surface area contributed by atoms with Gasteiger partial charge in [0.05, 0.1) is 0 Å². The molecule has 0 aromatic rings. The van der Waals surface area contributed by atoms with Gasteiger partial charge < -0.3 is 16.0 Å². The van der Waals surface area contributed by atoms with Gasteiger partial charge in [0.15, 0.2) is 0 Å². The van der Waals surface area contributed by atoms with Crippen molar-refractivity contribution in [1.82, 2.24) is 10.2 Å². The number of carbonyl (C=O) groups excluding carboxylic acids is 1. The number of hydrogen-bond donors (Lipinski definition) is 2. The molecular weight excluding hydrogens is 166 g/mol. The summed E-state index contributed by atoms with van der Waals surface area (Å²) >= 11 is 0. The Morgan fingerprint density at radius 2 is 2.23 bits per heavy atom. The van der Waals surface area contributed by atoms with Crippen LogP contribution < -0.4 is 11.1 Å². The Labute approximate surface area is 79.5 Å². The van der Waals surface area contributed by atoms with Crippen molar-refractivity contribution in [1.29, 1.82) is 0 Å². The Morgan fingerprint density at radius 3 is 2.62 bits per heavy atom. The van der Waals surface area contributed by atoms with Crippen molar-refractivity contribution in [2.75, 3.05) is 19.6 Å². The minimum atomic E-state index is 0.0136. The number of amides is 2. The molecule has 1 rings (SSSR count). The quantitative estimate of drug-likeness (QED) is 0.653. The van der Waals surface area contributed by atoms with Gasteiger partial charge in [-0.15, -0.1) is 0 Å². The lowest BCUT2D eigenvalue weighted by atomic mass is 9.87. The maximum Gasteiger partial charge on any atom is 0.317 e. The van der Waals surface area contributed by atoms with Crippen molar-refractivity contribution in [2.45, 2.75) is 26.8 Å². The van der Waals surface area contributed by atoms with Crippen molar-refractivity contribution >= 4 is 6.03 Å². The van der Waals surface area contributed by atoms with Crippen molar-refractivity contribution in [3.05, 3.63) is 0 Å². The number of urea groups is 1. The molecule has 4 nitrogen and oxygen atoms in total. The smallest absolute Gasteiger partial charge is 0.317 e. The van der Waals surface area contributed by atoms with E-state index in [9.17, 15) is 4.79 Å². The molecule has 13 heavy (non-hydrogen) atoms. The predicted octanol–water partition coefficient (Wildman–Crippen LogP) is 0.385. The van der Waals surface area contributed by atoms with Crippen LogP contribution in [-0.2, 0) is 0 Å². The molecule has 0 saturated carbocycles. The molecule has 1 saturated heterocycles. The molecule has 3 N–H and O–H groups in total. The van der Waals surface area contributed by atoms with Gasteiger partial charge in [0.1, 0.15) is 0 Å². The second-order valence-electron chi connectivity index (χ2n) is 4.65. The van der Waals surface area contributed by atoms with Crippen molar-refractivity contribution in [3.63, 3.8) is 0 Å². The van der Waals surface area contributed by atoms with Gasteiger partial charge in [-0.2, -0.15) is 0 Å².